The molecule has 2 heterocycles. The molecule has 0 radical (unpaired) electrons. The van der Waals surface area contributed by atoms with Crippen LogP contribution in [-0.4, -0.2) is 29.2 Å². The van der Waals surface area contributed by atoms with E-state index in [0.29, 0.717) is 6.61 Å². The van der Waals surface area contributed by atoms with Crippen LogP contribution in [-0.2, 0) is 23.1 Å². The maximum atomic E-state index is 10.9. The van der Waals surface area contributed by atoms with Gasteiger partial charge in [0.25, 0.3) is 0 Å². The molecule has 2 aromatic rings. The Hall–Kier alpha value is -2.56. The molecule has 1 aromatic heterocycles. The molecule has 0 bridgehead atoms. The minimum absolute atomic E-state index is 0.00301. The van der Waals surface area contributed by atoms with Crippen molar-refractivity contribution in [1.29, 1.82) is 0 Å². The summed E-state index contributed by atoms with van der Waals surface area (Å²) in [5.74, 6) is 1.39. The molecule has 5 nitrogen and oxygen atoms in total. The van der Waals surface area contributed by atoms with Gasteiger partial charge in [-0.25, -0.2) is 4.98 Å². The number of aromatic nitrogens is 1. The van der Waals surface area contributed by atoms with E-state index in [1.165, 1.54) is 17.5 Å². The lowest BCUT2D eigenvalue weighted by atomic mass is 9.94. The Balaban J connectivity index is 1.30. The monoisotopic (exact) mass is 366 g/mol. The van der Waals surface area contributed by atoms with Crippen LogP contribution in [0.1, 0.15) is 43.0 Å². The molecule has 27 heavy (non-hydrogen) atoms. The predicted molar refractivity (Wildman–Crippen MR) is 104 cm³/mol. The SMILES string of the molecule is CC1(c2ccc(OCCc3ccc4c(n3)NCCC4)cc2)CC1CC(=O)O. The molecular weight excluding hydrogens is 340 g/mol. The number of carboxylic acid groups (broad SMARTS) is 1. The molecule has 0 spiro atoms. The van der Waals surface area contributed by atoms with E-state index >= 15 is 0 Å². The lowest BCUT2D eigenvalue weighted by molar-refractivity contribution is -0.137. The Kier molecular flexibility index (Phi) is 4.77. The number of aliphatic carboxylic acids is 1. The van der Waals surface area contributed by atoms with E-state index in [0.717, 1.165) is 43.1 Å². The molecule has 0 saturated heterocycles. The molecule has 2 N–H and O–H groups in total. The number of fused-ring (bicyclic) bond motifs is 1. The van der Waals surface area contributed by atoms with Crippen molar-refractivity contribution in [2.75, 3.05) is 18.5 Å². The zero-order chi connectivity index (χ0) is 18.9. The highest BCUT2D eigenvalue weighted by molar-refractivity contribution is 5.68. The fraction of sp³-hybridized carbons (Fsp3) is 0.455. The molecule has 2 aliphatic rings. The average molecular weight is 366 g/mol. The smallest absolute Gasteiger partial charge is 0.303 e. The number of ether oxygens (including phenoxy) is 1. The molecule has 1 aliphatic carbocycles. The summed E-state index contributed by atoms with van der Waals surface area (Å²) < 4.78 is 5.88. The summed E-state index contributed by atoms with van der Waals surface area (Å²) in [5, 5.41) is 12.3. The van der Waals surface area contributed by atoms with Crippen molar-refractivity contribution in [2.24, 2.45) is 5.92 Å². The van der Waals surface area contributed by atoms with Gasteiger partial charge in [-0.1, -0.05) is 25.1 Å². The molecule has 0 amide bonds. The summed E-state index contributed by atoms with van der Waals surface area (Å²) in [7, 11) is 0. The lowest BCUT2D eigenvalue weighted by Gasteiger charge is -2.17. The third kappa shape index (κ3) is 3.92. The number of benzene rings is 1. The number of hydrogen-bond donors (Lipinski definition) is 2. The maximum absolute atomic E-state index is 10.9. The van der Waals surface area contributed by atoms with Crippen molar-refractivity contribution >= 4 is 11.8 Å². The topological polar surface area (TPSA) is 71.5 Å². The van der Waals surface area contributed by atoms with E-state index in [4.69, 9.17) is 14.8 Å². The number of anilines is 1. The van der Waals surface area contributed by atoms with Gasteiger partial charge in [-0.15, -0.1) is 0 Å². The van der Waals surface area contributed by atoms with Gasteiger partial charge in [-0.3, -0.25) is 4.79 Å². The van der Waals surface area contributed by atoms with Crippen molar-refractivity contribution < 1.29 is 14.6 Å². The van der Waals surface area contributed by atoms with E-state index in [-0.39, 0.29) is 17.8 Å². The highest BCUT2D eigenvalue weighted by atomic mass is 16.5. The van der Waals surface area contributed by atoms with Gasteiger partial charge in [0.15, 0.2) is 0 Å². The molecule has 4 rings (SSSR count). The number of rotatable bonds is 7. The second-order valence-corrected chi connectivity index (χ2v) is 7.88. The number of aryl methyl sites for hydroxylation is 1. The van der Waals surface area contributed by atoms with Crippen LogP contribution in [0.4, 0.5) is 5.82 Å². The van der Waals surface area contributed by atoms with Crippen molar-refractivity contribution in [3.05, 3.63) is 53.2 Å². The second-order valence-electron chi connectivity index (χ2n) is 7.88. The fourth-order valence-electron chi connectivity index (χ4n) is 4.03. The summed E-state index contributed by atoms with van der Waals surface area (Å²) in [4.78, 5) is 15.6. The first-order valence-electron chi connectivity index (χ1n) is 9.72. The number of pyridine rings is 1. The molecule has 5 heteroatoms. The minimum Gasteiger partial charge on any atom is -0.493 e. The summed E-state index contributed by atoms with van der Waals surface area (Å²) in [6.45, 7) is 3.73. The molecule has 1 saturated carbocycles. The largest absolute Gasteiger partial charge is 0.493 e. The fourth-order valence-corrected chi connectivity index (χ4v) is 4.03. The first kappa shape index (κ1) is 17.8. The summed E-state index contributed by atoms with van der Waals surface area (Å²) in [6.07, 6.45) is 4.23. The van der Waals surface area contributed by atoms with Crippen LogP contribution in [0.2, 0.25) is 0 Å². The lowest BCUT2D eigenvalue weighted by Crippen LogP contribution is -2.14. The summed E-state index contributed by atoms with van der Waals surface area (Å²) >= 11 is 0. The normalized spacial score (nSPS) is 23.2. The zero-order valence-corrected chi connectivity index (χ0v) is 15.7. The molecular formula is C22H26N2O3. The van der Waals surface area contributed by atoms with Crippen molar-refractivity contribution in [3.8, 4) is 5.75 Å². The van der Waals surface area contributed by atoms with Gasteiger partial charge in [0.1, 0.15) is 11.6 Å². The molecule has 142 valence electrons. The molecule has 1 aromatic carbocycles. The Morgan fingerprint density at radius 3 is 2.89 bits per heavy atom. The zero-order valence-electron chi connectivity index (χ0n) is 15.7. The van der Waals surface area contributed by atoms with Crippen LogP contribution in [0.3, 0.4) is 0 Å². The molecule has 2 unspecified atom stereocenters. The molecule has 1 fully saturated rings. The van der Waals surface area contributed by atoms with Crippen molar-refractivity contribution in [3.63, 3.8) is 0 Å². The summed E-state index contributed by atoms with van der Waals surface area (Å²) in [5.41, 5.74) is 3.54. The number of carbonyl (C=O) groups is 1. The Bertz CT molecular complexity index is 834. The van der Waals surface area contributed by atoms with E-state index in [1.807, 2.05) is 12.1 Å². The van der Waals surface area contributed by atoms with Crippen LogP contribution in [0, 0.1) is 5.92 Å². The highest BCUT2D eigenvalue weighted by Crippen LogP contribution is 2.55. The Morgan fingerprint density at radius 2 is 2.11 bits per heavy atom. The van der Waals surface area contributed by atoms with E-state index in [9.17, 15) is 4.79 Å². The van der Waals surface area contributed by atoms with Crippen LogP contribution >= 0.6 is 0 Å². The number of hydrogen-bond acceptors (Lipinski definition) is 4. The van der Waals surface area contributed by atoms with Crippen LogP contribution in [0.5, 0.6) is 5.75 Å². The van der Waals surface area contributed by atoms with Gasteiger partial charge >= 0.3 is 5.97 Å². The number of nitrogens with zero attached hydrogens (tertiary/aromatic N) is 1. The van der Waals surface area contributed by atoms with Gasteiger partial charge in [0.2, 0.25) is 0 Å². The quantitative estimate of drug-likeness (QED) is 0.780. The predicted octanol–water partition coefficient (Wildman–Crippen LogP) is 3.81. The van der Waals surface area contributed by atoms with Crippen LogP contribution in [0.15, 0.2) is 36.4 Å². The van der Waals surface area contributed by atoms with E-state index < -0.39 is 5.97 Å². The number of nitrogens with one attached hydrogen (secondary N) is 1. The second kappa shape index (κ2) is 7.22. The third-order valence-electron chi connectivity index (χ3n) is 5.92. The first-order valence-corrected chi connectivity index (χ1v) is 9.72. The number of carboxylic acids is 1. The molecule has 2 atom stereocenters. The van der Waals surface area contributed by atoms with Crippen molar-refractivity contribution in [1.82, 2.24) is 4.98 Å². The Morgan fingerprint density at radius 1 is 1.30 bits per heavy atom. The third-order valence-corrected chi connectivity index (χ3v) is 5.92. The van der Waals surface area contributed by atoms with Gasteiger partial charge < -0.3 is 15.2 Å². The highest BCUT2D eigenvalue weighted by Gasteiger charge is 2.51. The minimum atomic E-state index is -0.713. The standard InChI is InChI=1S/C22H26N2O3/c1-22(14-17(22)13-20(25)26)16-5-8-19(9-6-16)27-12-10-18-7-4-15-3-2-11-23-21(15)24-18/h4-9,17H,2-3,10-14H2,1H3,(H,23,24)(H,25,26). The van der Waals surface area contributed by atoms with Gasteiger partial charge in [-0.2, -0.15) is 0 Å². The van der Waals surface area contributed by atoms with Gasteiger partial charge in [0, 0.05) is 25.1 Å². The maximum Gasteiger partial charge on any atom is 0.303 e. The van der Waals surface area contributed by atoms with Crippen molar-refractivity contribution in [2.45, 2.75) is 44.4 Å². The van der Waals surface area contributed by atoms with Crippen LogP contribution in [0.25, 0.3) is 0 Å². The summed E-state index contributed by atoms with van der Waals surface area (Å²) in [6, 6.07) is 12.4. The van der Waals surface area contributed by atoms with Gasteiger partial charge in [0.05, 0.1) is 6.61 Å². The van der Waals surface area contributed by atoms with Gasteiger partial charge in [-0.05, 0) is 59.9 Å². The molecule has 1 aliphatic heterocycles. The first-order chi connectivity index (χ1) is 13.0. The van der Waals surface area contributed by atoms with Crippen LogP contribution < -0.4 is 10.1 Å². The average Bonchev–Trinajstić information content (AvgIpc) is 3.32. The van der Waals surface area contributed by atoms with E-state index in [1.54, 1.807) is 0 Å². The van der Waals surface area contributed by atoms with E-state index in [2.05, 4.69) is 36.5 Å². The Labute approximate surface area is 159 Å².